The third kappa shape index (κ3) is 9.18. The van der Waals surface area contributed by atoms with Crippen molar-refractivity contribution < 1.29 is 76.1 Å². The standard InChI is InChI=1S/C31H41NO16/c1-14(33)32-23-26(24-22(45-30(23)39-7)13-41-29(47-24)19-8-10-20(38-6)11-9-19)48-31-28(44-18(5)37)27(43-17(4)36)25(42-16(3)35)21(46-31)12-40-15(2)34/h8-11,21-31H,12-13H2,1-7H3,(H,32,33)/t21-,22-,23-,24+,25+,26-,27+,28-,29?,30+,31+/m1/s1. The summed E-state index contributed by atoms with van der Waals surface area (Å²) in [5.41, 5.74) is 0.644. The van der Waals surface area contributed by atoms with Gasteiger partial charge in [-0.1, -0.05) is 12.1 Å². The Morgan fingerprint density at radius 1 is 0.750 bits per heavy atom. The van der Waals surface area contributed by atoms with Gasteiger partial charge < -0.3 is 57.4 Å². The first-order chi connectivity index (χ1) is 22.8. The summed E-state index contributed by atoms with van der Waals surface area (Å²) in [6, 6.07) is 5.95. The third-order valence-electron chi connectivity index (χ3n) is 7.57. The van der Waals surface area contributed by atoms with Crippen LogP contribution in [0.15, 0.2) is 24.3 Å². The van der Waals surface area contributed by atoms with Crippen LogP contribution >= 0.6 is 0 Å². The Kier molecular flexibility index (Phi) is 12.7. The van der Waals surface area contributed by atoms with E-state index in [0.29, 0.717) is 11.3 Å². The largest absolute Gasteiger partial charge is 0.497 e. The van der Waals surface area contributed by atoms with E-state index < -0.39 is 104 Å². The van der Waals surface area contributed by atoms with Crippen LogP contribution in [0.1, 0.15) is 46.5 Å². The minimum atomic E-state index is -1.57. The summed E-state index contributed by atoms with van der Waals surface area (Å²) in [7, 11) is 2.91. The minimum Gasteiger partial charge on any atom is -0.497 e. The maximum Gasteiger partial charge on any atom is 0.303 e. The number of methoxy groups -OCH3 is 2. The van der Waals surface area contributed by atoms with Gasteiger partial charge in [-0.15, -0.1) is 0 Å². The molecule has 11 atom stereocenters. The molecule has 3 saturated heterocycles. The highest BCUT2D eigenvalue weighted by atomic mass is 16.8. The summed E-state index contributed by atoms with van der Waals surface area (Å²) >= 11 is 0. The van der Waals surface area contributed by atoms with Gasteiger partial charge in [-0.05, 0) is 12.1 Å². The van der Waals surface area contributed by atoms with Gasteiger partial charge in [-0.3, -0.25) is 24.0 Å². The van der Waals surface area contributed by atoms with E-state index in [1.165, 1.54) is 21.1 Å². The van der Waals surface area contributed by atoms with Crippen LogP contribution in [-0.4, -0.2) is 119 Å². The van der Waals surface area contributed by atoms with Crippen molar-refractivity contribution >= 4 is 29.8 Å². The van der Waals surface area contributed by atoms with Crippen LogP contribution in [0.3, 0.4) is 0 Å². The molecule has 0 aliphatic carbocycles. The predicted octanol–water partition coefficient (Wildman–Crippen LogP) is 0.454. The maximum atomic E-state index is 12.4. The zero-order chi connectivity index (χ0) is 35.1. The Morgan fingerprint density at radius 3 is 1.94 bits per heavy atom. The van der Waals surface area contributed by atoms with E-state index in [4.69, 9.17) is 52.1 Å². The summed E-state index contributed by atoms with van der Waals surface area (Å²) in [6.07, 6.45) is -12.1. The number of carbonyl (C=O) groups excluding carboxylic acids is 5. The molecule has 0 radical (unpaired) electrons. The summed E-state index contributed by atoms with van der Waals surface area (Å²) in [4.78, 5) is 61.0. The van der Waals surface area contributed by atoms with Crippen LogP contribution < -0.4 is 10.1 Å². The first-order valence-electron chi connectivity index (χ1n) is 15.1. The first kappa shape index (κ1) is 37.0. The Hall–Kier alpha value is -3.87. The fraction of sp³-hybridized carbons (Fsp3) is 0.645. The van der Waals surface area contributed by atoms with Crippen molar-refractivity contribution in [1.29, 1.82) is 0 Å². The number of esters is 4. The number of benzene rings is 1. The van der Waals surface area contributed by atoms with E-state index in [2.05, 4.69) is 5.32 Å². The second-order valence-corrected chi connectivity index (χ2v) is 11.2. The van der Waals surface area contributed by atoms with Crippen LogP contribution in [0.5, 0.6) is 5.75 Å². The second kappa shape index (κ2) is 16.5. The molecule has 3 fully saturated rings. The van der Waals surface area contributed by atoms with E-state index in [1.807, 2.05) is 0 Å². The highest BCUT2D eigenvalue weighted by molar-refractivity contribution is 5.73. The van der Waals surface area contributed by atoms with Gasteiger partial charge in [0.05, 0.1) is 13.7 Å². The molecule has 0 spiro atoms. The van der Waals surface area contributed by atoms with Gasteiger partial charge >= 0.3 is 23.9 Å². The van der Waals surface area contributed by atoms with E-state index in [1.54, 1.807) is 24.3 Å². The van der Waals surface area contributed by atoms with Crippen molar-refractivity contribution in [3.05, 3.63) is 29.8 Å². The lowest BCUT2D eigenvalue weighted by molar-refractivity contribution is -0.376. The minimum absolute atomic E-state index is 0.0203. The molecule has 3 aliphatic rings. The number of amides is 1. The van der Waals surface area contributed by atoms with Gasteiger partial charge in [0, 0.05) is 47.3 Å². The Labute approximate surface area is 276 Å². The monoisotopic (exact) mass is 683 g/mol. The zero-order valence-corrected chi connectivity index (χ0v) is 27.6. The molecule has 17 heteroatoms. The van der Waals surface area contributed by atoms with Crippen molar-refractivity contribution in [2.45, 2.75) is 102 Å². The molecule has 1 unspecified atom stereocenters. The Bertz CT molecular complexity index is 1310. The van der Waals surface area contributed by atoms with Gasteiger partial charge in [0.25, 0.3) is 0 Å². The van der Waals surface area contributed by atoms with Gasteiger partial charge in [0.1, 0.15) is 42.8 Å². The molecule has 0 aromatic heterocycles. The summed E-state index contributed by atoms with van der Waals surface area (Å²) < 4.78 is 63.7. The average Bonchev–Trinajstić information content (AvgIpc) is 3.02. The molecule has 266 valence electrons. The molecule has 0 saturated carbocycles. The fourth-order valence-corrected chi connectivity index (χ4v) is 5.71. The molecule has 1 aromatic rings. The van der Waals surface area contributed by atoms with E-state index in [9.17, 15) is 24.0 Å². The molecule has 0 bridgehead atoms. The van der Waals surface area contributed by atoms with Crippen molar-refractivity contribution in [2.75, 3.05) is 27.4 Å². The number of hydrogen-bond donors (Lipinski definition) is 1. The lowest BCUT2D eigenvalue weighted by Crippen LogP contribution is -2.70. The number of carbonyl (C=O) groups is 5. The third-order valence-corrected chi connectivity index (χ3v) is 7.57. The number of fused-ring (bicyclic) bond motifs is 1. The van der Waals surface area contributed by atoms with Crippen LogP contribution in [-0.2, 0) is 71.3 Å². The molecule has 17 nitrogen and oxygen atoms in total. The molecule has 1 N–H and O–H groups in total. The van der Waals surface area contributed by atoms with Crippen molar-refractivity contribution in [2.24, 2.45) is 0 Å². The quantitative estimate of drug-likeness (QED) is 0.249. The van der Waals surface area contributed by atoms with Gasteiger partial charge in [0.2, 0.25) is 5.91 Å². The van der Waals surface area contributed by atoms with Crippen molar-refractivity contribution in [3.63, 3.8) is 0 Å². The molecule has 3 aliphatic heterocycles. The smallest absolute Gasteiger partial charge is 0.303 e. The topological polar surface area (TPSA) is 199 Å². The van der Waals surface area contributed by atoms with E-state index in [0.717, 1.165) is 27.7 Å². The number of nitrogens with one attached hydrogen (secondary N) is 1. The van der Waals surface area contributed by atoms with Gasteiger partial charge in [-0.25, -0.2) is 0 Å². The highest BCUT2D eigenvalue weighted by Crippen LogP contribution is 2.38. The lowest BCUT2D eigenvalue weighted by Gasteiger charge is -2.51. The summed E-state index contributed by atoms with van der Waals surface area (Å²) in [6.45, 7) is 5.34. The van der Waals surface area contributed by atoms with Crippen LogP contribution in [0.4, 0.5) is 0 Å². The fourth-order valence-electron chi connectivity index (χ4n) is 5.71. The van der Waals surface area contributed by atoms with Crippen molar-refractivity contribution in [1.82, 2.24) is 5.32 Å². The van der Waals surface area contributed by atoms with E-state index in [-0.39, 0.29) is 6.61 Å². The molecular weight excluding hydrogens is 642 g/mol. The van der Waals surface area contributed by atoms with E-state index >= 15 is 0 Å². The van der Waals surface area contributed by atoms with Gasteiger partial charge in [-0.2, -0.15) is 0 Å². The van der Waals surface area contributed by atoms with Gasteiger partial charge in [0.15, 0.2) is 37.2 Å². The average molecular weight is 684 g/mol. The molecule has 3 heterocycles. The van der Waals surface area contributed by atoms with Crippen LogP contribution in [0.2, 0.25) is 0 Å². The molecule has 1 aromatic carbocycles. The molecular formula is C31H41NO16. The Balaban J connectivity index is 1.76. The normalized spacial score (nSPS) is 32.9. The van der Waals surface area contributed by atoms with Crippen LogP contribution in [0, 0.1) is 0 Å². The lowest BCUT2D eigenvalue weighted by atomic mass is 9.94. The number of hydrogen-bond acceptors (Lipinski definition) is 16. The molecule has 4 rings (SSSR count). The maximum absolute atomic E-state index is 12.4. The summed E-state index contributed by atoms with van der Waals surface area (Å²) in [5.74, 6) is -2.92. The molecule has 48 heavy (non-hydrogen) atoms. The predicted molar refractivity (Wildman–Crippen MR) is 157 cm³/mol. The highest BCUT2D eigenvalue weighted by Gasteiger charge is 2.57. The number of rotatable bonds is 11. The summed E-state index contributed by atoms with van der Waals surface area (Å²) in [5, 5.41) is 2.77. The SMILES string of the molecule is COc1ccc(C2OC[C@H]3O[C@H](OC)[C@H](NC(C)=O)[C@@H](O[C@@H]4O[C@H](COC(C)=O)[C@H](OC(C)=O)[C@H](OC(C)=O)[C@H]4OC(C)=O)[C@H]3O2)cc1. The van der Waals surface area contributed by atoms with Crippen molar-refractivity contribution in [3.8, 4) is 5.75 Å². The second-order valence-electron chi connectivity index (χ2n) is 11.2. The first-order valence-corrected chi connectivity index (χ1v) is 15.1. The molecule has 1 amide bonds. The van der Waals surface area contributed by atoms with Crippen LogP contribution in [0.25, 0.3) is 0 Å². The Morgan fingerprint density at radius 2 is 1.38 bits per heavy atom. The number of ether oxygens (including phenoxy) is 11. The zero-order valence-electron chi connectivity index (χ0n) is 27.6.